The summed E-state index contributed by atoms with van der Waals surface area (Å²) < 4.78 is 27.8. The molecule has 0 aromatic heterocycles. The summed E-state index contributed by atoms with van der Waals surface area (Å²) in [6, 6.07) is 5.42. The molecule has 0 aliphatic heterocycles. The molecule has 0 unspecified atom stereocenters. The lowest BCUT2D eigenvalue weighted by Crippen LogP contribution is -2.25. The van der Waals surface area contributed by atoms with E-state index in [2.05, 4.69) is 32.9 Å². The van der Waals surface area contributed by atoms with Crippen LogP contribution in [-0.2, 0) is 16.6 Å². The molecule has 0 saturated heterocycles. The highest BCUT2D eigenvalue weighted by Gasteiger charge is 2.17. The van der Waals surface area contributed by atoms with Crippen LogP contribution in [0.5, 0.6) is 0 Å². The maximum atomic E-state index is 12.3. The summed E-state index contributed by atoms with van der Waals surface area (Å²) >= 11 is 3.32. The molecule has 20 heavy (non-hydrogen) atoms. The number of rotatable bonds is 9. The summed E-state index contributed by atoms with van der Waals surface area (Å²) in [6.07, 6.45) is 2.97. The molecular weight excluding hydrogens is 340 g/mol. The predicted octanol–water partition coefficient (Wildman–Crippen LogP) is 3.03. The second kappa shape index (κ2) is 8.77. The van der Waals surface area contributed by atoms with Crippen LogP contribution >= 0.6 is 15.9 Å². The Labute approximate surface area is 130 Å². The zero-order valence-corrected chi connectivity index (χ0v) is 14.5. The maximum absolute atomic E-state index is 12.3. The van der Waals surface area contributed by atoms with E-state index in [1.807, 2.05) is 13.0 Å². The highest BCUT2D eigenvalue weighted by Crippen LogP contribution is 2.23. The van der Waals surface area contributed by atoms with E-state index in [1.165, 1.54) is 0 Å². The van der Waals surface area contributed by atoms with Gasteiger partial charge in [-0.1, -0.05) is 32.8 Å². The van der Waals surface area contributed by atoms with Crippen molar-refractivity contribution in [3.63, 3.8) is 0 Å². The van der Waals surface area contributed by atoms with Gasteiger partial charge in [0.2, 0.25) is 10.0 Å². The lowest BCUT2D eigenvalue weighted by atomic mass is 10.2. The Balaban J connectivity index is 2.81. The van der Waals surface area contributed by atoms with Gasteiger partial charge >= 0.3 is 0 Å². The molecule has 114 valence electrons. The molecule has 1 rings (SSSR count). The average Bonchev–Trinajstić information content (AvgIpc) is 2.42. The fraction of sp³-hybridized carbons (Fsp3) is 0.571. The number of hydrogen-bond donors (Lipinski definition) is 2. The lowest BCUT2D eigenvalue weighted by Gasteiger charge is -2.10. The maximum Gasteiger partial charge on any atom is 0.241 e. The average molecular weight is 363 g/mol. The third-order valence-electron chi connectivity index (χ3n) is 2.94. The third kappa shape index (κ3) is 5.52. The smallest absolute Gasteiger partial charge is 0.241 e. The van der Waals surface area contributed by atoms with E-state index in [-0.39, 0.29) is 0 Å². The fourth-order valence-electron chi connectivity index (χ4n) is 1.79. The van der Waals surface area contributed by atoms with Gasteiger partial charge in [-0.05, 0) is 46.6 Å². The first-order chi connectivity index (χ1) is 9.51. The number of sulfonamides is 1. The van der Waals surface area contributed by atoms with Crippen molar-refractivity contribution in [1.29, 1.82) is 0 Å². The second-order valence-corrected chi connectivity index (χ2v) is 7.24. The van der Waals surface area contributed by atoms with Gasteiger partial charge in [0.05, 0.1) is 4.90 Å². The van der Waals surface area contributed by atoms with Crippen LogP contribution in [-0.4, -0.2) is 21.5 Å². The van der Waals surface area contributed by atoms with E-state index in [0.717, 1.165) is 31.4 Å². The molecular formula is C14H23BrN2O2S. The van der Waals surface area contributed by atoms with Crippen LogP contribution in [0.15, 0.2) is 27.6 Å². The molecule has 0 atom stereocenters. The van der Waals surface area contributed by atoms with Crippen molar-refractivity contribution in [2.45, 2.75) is 44.6 Å². The van der Waals surface area contributed by atoms with Gasteiger partial charge in [0, 0.05) is 17.6 Å². The summed E-state index contributed by atoms with van der Waals surface area (Å²) in [7, 11) is -3.44. The van der Waals surface area contributed by atoms with Crippen LogP contribution in [0, 0.1) is 0 Å². The third-order valence-corrected chi connectivity index (χ3v) is 5.39. The molecule has 0 heterocycles. The van der Waals surface area contributed by atoms with Gasteiger partial charge in [-0.15, -0.1) is 0 Å². The van der Waals surface area contributed by atoms with E-state index >= 15 is 0 Å². The lowest BCUT2D eigenvalue weighted by molar-refractivity contribution is 0.575. The number of unbranched alkanes of at least 4 members (excludes halogenated alkanes) is 2. The summed E-state index contributed by atoms with van der Waals surface area (Å²) in [6.45, 7) is 6.12. The predicted molar refractivity (Wildman–Crippen MR) is 86.2 cm³/mol. The van der Waals surface area contributed by atoms with Gasteiger partial charge in [-0.2, -0.15) is 0 Å². The van der Waals surface area contributed by atoms with Crippen LogP contribution in [0.25, 0.3) is 0 Å². The van der Waals surface area contributed by atoms with Gasteiger partial charge in [-0.25, -0.2) is 13.1 Å². The Morgan fingerprint density at radius 3 is 2.60 bits per heavy atom. The van der Waals surface area contributed by atoms with Crippen LogP contribution in [0.3, 0.4) is 0 Å². The molecule has 1 aromatic carbocycles. The topological polar surface area (TPSA) is 58.2 Å². The number of hydrogen-bond acceptors (Lipinski definition) is 3. The minimum Gasteiger partial charge on any atom is -0.313 e. The van der Waals surface area contributed by atoms with Crippen molar-refractivity contribution in [1.82, 2.24) is 10.0 Å². The quantitative estimate of drug-likeness (QED) is 0.663. The first kappa shape index (κ1) is 17.6. The molecule has 6 heteroatoms. The number of halogens is 1. The van der Waals surface area contributed by atoms with Crippen LogP contribution in [0.1, 0.15) is 38.7 Å². The largest absolute Gasteiger partial charge is 0.313 e. The van der Waals surface area contributed by atoms with Crippen molar-refractivity contribution in [3.05, 3.63) is 28.2 Å². The Kier molecular flexibility index (Phi) is 7.72. The highest BCUT2D eigenvalue weighted by atomic mass is 79.9. The van der Waals surface area contributed by atoms with E-state index in [1.54, 1.807) is 12.1 Å². The zero-order valence-electron chi connectivity index (χ0n) is 12.1. The summed E-state index contributed by atoms with van der Waals surface area (Å²) in [5, 5.41) is 3.19. The number of benzene rings is 1. The Hall–Kier alpha value is -0.430. The normalized spacial score (nSPS) is 11.8. The van der Waals surface area contributed by atoms with E-state index in [9.17, 15) is 8.42 Å². The van der Waals surface area contributed by atoms with Gasteiger partial charge in [-0.3, -0.25) is 0 Å². The highest BCUT2D eigenvalue weighted by molar-refractivity contribution is 9.10. The minimum absolute atomic E-state index is 0.310. The van der Waals surface area contributed by atoms with Crippen molar-refractivity contribution >= 4 is 26.0 Å². The monoisotopic (exact) mass is 362 g/mol. The second-order valence-electron chi connectivity index (χ2n) is 4.65. The van der Waals surface area contributed by atoms with Crippen molar-refractivity contribution in [2.75, 3.05) is 13.1 Å². The number of nitrogens with one attached hydrogen (secondary N) is 2. The first-order valence-electron chi connectivity index (χ1n) is 7.00. The standard InChI is InChI=1S/C14H23BrN2O2S/c1-3-5-6-9-17-20(18,19)14-10-12(11-16-4-2)7-8-13(14)15/h7-8,10,16-17H,3-6,9,11H2,1-2H3. The zero-order chi connectivity index (χ0) is 15.0. The molecule has 0 spiro atoms. The van der Waals surface area contributed by atoms with Gasteiger partial charge in [0.1, 0.15) is 0 Å². The van der Waals surface area contributed by atoms with Crippen LogP contribution in [0.4, 0.5) is 0 Å². The molecule has 1 aromatic rings. The molecule has 0 saturated carbocycles. The molecule has 2 N–H and O–H groups in total. The SMILES string of the molecule is CCCCCNS(=O)(=O)c1cc(CNCC)ccc1Br. The summed E-state index contributed by atoms with van der Waals surface area (Å²) in [5.74, 6) is 0. The van der Waals surface area contributed by atoms with E-state index in [0.29, 0.717) is 22.5 Å². The van der Waals surface area contributed by atoms with E-state index < -0.39 is 10.0 Å². The minimum atomic E-state index is -3.44. The van der Waals surface area contributed by atoms with Crippen molar-refractivity contribution < 1.29 is 8.42 Å². The van der Waals surface area contributed by atoms with Gasteiger partial charge in [0.25, 0.3) is 0 Å². The first-order valence-corrected chi connectivity index (χ1v) is 9.27. The Morgan fingerprint density at radius 1 is 1.20 bits per heavy atom. The van der Waals surface area contributed by atoms with Crippen LogP contribution < -0.4 is 10.0 Å². The Bertz CT molecular complexity index is 518. The fourth-order valence-corrected chi connectivity index (χ4v) is 3.88. The Morgan fingerprint density at radius 2 is 1.95 bits per heavy atom. The summed E-state index contributed by atoms with van der Waals surface area (Å²) in [4.78, 5) is 0.310. The molecule has 0 aliphatic rings. The van der Waals surface area contributed by atoms with Crippen molar-refractivity contribution in [2.24, 2.45) is 0 Å². The molecule has 0 aliphatic carbocycles. The summed E-state index contributed by atoms with van der Waals surface area (Å²) in [5.41, 5.74) is 0.962. The molecule has 0 fully saturated rings. The molecule has 0 amide bonds. The van der Waals surface area contributed by atoms with E-state index in [4.69, 9.17) is 0 Å². The van der Waals surface area contributed by atoms with Gasteiger partial charge in [0.15, 0.2) is 0 Å². The van der Waals surface area contributed by atoms with Crippen LogP contribution in [0.2, 0.25) is 0 Å². The van der Waals surface area contributed by atoms with Gasteiger partial charge < -0.3 is 5.32 Å². The molecule has 0 bridgehead atoms. The van der Waals surface area contributed by atoms with Crippen molar-refractivity contribution in [3.8, 4) is 0 Å². The molecule has 0 radical (unpaired) electrons. The molecule has 4 nitrogen and oxygen atoms in total.